The first-order valence-corrected chi connectivity index (χ1v) is 8.97. The molecule has 0 aromatic heterocycles. The molecule has 0 saturated carbocycles. The van der Waals surface area contributed by atoms with Crippen LogP contribution in [0.2, 0.25) is 0 Å². The predicted octanol–water partition coefficient (Wildman–Crippen LogP) is 1.96. The molecule has 1 aliphatic rings. The van der Waals surface area contributed by atoms with Gasteiger partial charge in [0.2, 0.25) is 10.0 Å². The maximum absolute atomic E-state index is 12.1. The van der Waals surface area contributed by atoms with Crippen molar-refractivity contribution >= 4 is 22.4 Å². The summed E-state index contributed by atoms with van der Waals surface area (Å²) in [7, 11) is -3.21. The molecule has 2 rings (SSSR count). The number of hydrogen-bond donors (Lipinski definition) is 2. The second kappa shape index (κ2) is 8.73. The molecular formula is C15H25ClN2O2S. The Balaban J connectivity index is 0.00000220. The maximum Gasteiger partial charge on any atom is 0.212 e. The molecule has 2 atom stereocenters. The number of rotatable bonds is 6. The van der Waals surface area contributed by atoms with Gasteiger partial charge in [-0.2, -0.15) is 0 Å². The zero-order valence-corrected chi connectivity index (χ0v) is 14.1. The van der Waals surface area contributed by atoms with Crippen LogP contribution in [-0.2, 0) is 16.4 Å². The summed E-state index contributed by atoms with van der Waals surface area (Å²) in [5.41, 5.74) is 1.06. The first-order valence-electron chi connectivity index (χ1n) is 7.31. The topological polar surface area (TPSA) is 58.2 Å². The number of nitrogens with one attached hydrogen (secondary N) is 2. The van der Waals surface area contributed by atoms with Gasteiger partial charge in [0.05, 0.1) is 5.75 Å². The first kappa shape index (κ1) is 18.4. The van der Waals surface area contributed by atoms with Gasteiger partial charge in [-0.05, 0) is 50.8 Å². The Kier molecular flexibility index (Phi) is 7.66. The van der Waals surface area contributed by atoms with E-state index in [0.717, 1.165) is 31.5 Å². The van der Waals surface area contributed by atoms with Gasteiger partial charge in [-0.25, -0.2) is 13.1 Å². The highest BCUT2D eigenvalue weighted by Gasteiger charge is 2.23. The molecule has 1 saturated heterocycles. The van der Waals surface area contributed by atoms with Crippen LogP contribution in [0.15, 0.2) is 30.3 Å². The van der Waals surface area contributed by atoms with Crippen LogP contribution in [0.1, 0.15) is 25.3 Å². The van der Waals surface area contributed by atoms with Crippen LogP contribution in [0.5, 0.6) is 0 Å². The second-order valence-electron chi connectivity index (χ2n) is 5.57. The molecule has 2 unspecified atom stereocenters. The highest BCUT2D eigenvalue weighted by molar-refractivity contribution is 7.89. The molecular weight excluding hydrogens is 308 g/mol. The van der Waals surface area contributed by atoms with Crippen molar-refractivity contribution in [3.63, 3.8) is 0 Å². The Bertz CT molecular complexity index is 502. The van der Waals surface area contributed by atoms with Crippen LogP contribution < -0.4 is 10.0 Å². The van der Waals surface area contributed by atoms with Crippen molar-refractivity contribution in [2.45, 2.75) is 32.2 Å². The molecule has 120 valence electrons. The standard InChI is InChI=1S/C15H24N2O2S.ClH/c1-13(15-8-5-10-16-12-15)17-20(18,19)11-9-14-6-3-2-4-7-14;/h2-4,6-7,13,15-17H,5,8-12H2,1H3;1H. The van der Waals surface area contributed by atoms with Gasteiger partial charge in [0.15, 0.2) is 0 Å². The lowest BCUT2D eigenvalue weighted by molar-refractivity contribution is 0.320. The summed E-state index contributed by atoms with van der Waals surface area (Å²) in [5.74, 6) is 0.553. The molecule has 21 heavy (non-hydrogen) atoms. The number of aryl methyl sites for hydroxylation is 1. The number of hydrogen-bond acceptors (Lipinski definition) is 3. The lowest BCUT2D eigenvalue weighted by atomic mass is 9.94. The fourth-order valence-corrected chi connectivity index (χ4v) is 4.02. The van der Waals surface area contributed by atoms with Crippen LogP contribution in [0.3, 0.4) is 0 Å². The van der Waals surface area contributed by atoms with Gasteiger partial charge in [0.1, 0.15) is 0 Å². The predicted molar refractivity (Wildman–Crippen MR) is 89.4 cm³/mol. The molecule has 0 spiro atoms. The largest absolute Gasteiger partial charge is 0.316 e. The average Bonchev–Trinajstić information content (AvgIpc) is 2.47. The third kappa shape index (κ3) is 6.34. The van der Waals surface area contributed by atoms with Crippen molar-refractivity contribution in [1.29, 1.82) is 0 Å². The van der Waals surface area contributed by atoms with E-state index in [9.17, 15) is 8.42 Å². The monoisotopic (exact) mass is 332 g/mol. The lowest BCUT2D eigenvalue weighted by Crippen LogP contribution is -2.45. The normalized spacial score (nSPS) is 20.5. The van der Waals surface area contributed by atoms with E-state index in [4.69, 9.17) is 0 Å². The molecule has 0 aliphatic carbocycles. The molecule has 1 aliphatic heterocycles. The summed E-state index contributed by atoms with van der Waals surface area (Å²) in [6.45, 7) is 3.92. The second-order valence-corrected chi connectivity index (χ2v) is 7.44. The SMILES string of the molecule is CC(NS(=O)(=O)CCc1ccccc1)C1CCCNC1.Cl. The van der Waals surface area contributed by atoms with Gasteiger partial charge in [0, 0.05) is 6.04 Å². The smallest absolute Gasteiger partial charge is 0.212 e. The molecule has 0 bridgehead atoms. The van der Waals surface area contributed by atoms with Crippen molar-refractivity contribution in [1.82, 2.24) is 10.0 Å². The molecule has 0 amide bonds. The molecule has 0 radical (unpaired) electrons. The van der Waals surface area contributed by atoms with Gasteiger partial charge in [-0.15, -0.1) is 12.4 Å². The Morgan fingerprint density at radius 2 is 2.05 bits per heavy atom. The van der Waals surface area contributed by atoms with Gasteiger partial charge in [-0.3, -0.25) is 0 Å². The third-order valence-corrected chi connectivity index (χ3v) is 5.38. The van der Waals surface area contributed by atoms with E-state index in [1.54, 1.807) is 0 Å². The summed E-state index contributed by atoms with van der Waals surface area (Å²) in [5, 5.41) is 3.32. The minimum absolute atomic E-state index is 0. The van der Waals surface area contributed by atoms with Crippen molar-refractivity contribution < 1.29 is 8.42 Å². The van der Waals surface area contributed by atoms with Gasteiger partial charge >= 0.3 is 0 Å². The fraction of sp³-hybridized carbons (Fsp3) is 0.600. The Morgan fingerprint density at radius 3 is 2.67 bits per heavy atom. The van der Waals surface area contributed by atoms with E-state index >= 15 is 0 Å². The van der Waals surface area contributed by atoms with E-state index in [2.05, 4.69) is 10.0 Å². The highest BCUT2D eigenvalue weighted by Crippen LogP contribution is 2.15. The number of halogens is 1. The van der Waals surface area contributed by atoms with Crippen LogP contribution in [-0.4, -0.2) is 33.3 Å². The average molecular weight is 333 g/mol. The summed E-state index contributed by atoms with van der Waals surface area (Å²) < 4.78 is 27.1. The lowest BCUT2D eigenvalue weighted by Gasteiger charge is -2.28. The molecule has 1 aromatic rings. The minimum Gasteiger partial charge on any atom is -0.316 e. The van der Waals surface area contributed by atoms with Gasteiger partial charge < -0.3 is 5.32 Å². The molecule has 2 N–H and O–H groups in total. The van der Waals surface area contributed by atoms with E-state index in [-0.39, 0.29) is 24.2 Å². The summed E-state index contributed by atoms with van der Waals surface area (Å²) in [6, 6.07) is 9.74. The zero-order valence-electron chi connectivity index (χ0n) is 12.4. The first-order chi connectivity index (χ1) is 9.57. The Morgan fingerprint density at radius 1 is 1.33 bits per heavy atom. The van der Waals surface area contributed by atoms with Crippen LogP contribution in [0.25, 0.3) is 0 Å². The third-order valence-electron chi connectivity index (χ3n) is 3.91. The number of piperidine rings is 1. The van der Waals surface area contributed by atoms with E-state index in [1.807, 2.05) is 37.3 Å². The van der Waals surface area contributed by atoms with Gasteiger partial charge in [0.25, 0.3) is 0 Å². The van der Waals surface area contributed by atoms with Crippen LogP contribution in [0, 0.1) is 5.92 Å². The number of benzene rings is 1. The maximum atomic E-state index is 12.1. The van der Waals surface area contributed by atoms with E-state index < -0.39 is 10.0 Å². The van der Waals surface area contributed by atoms with Crippen molar-refractivity contribution in [3.8, 4) is 0 Å². The highest BCUT2D eigenvalue weighted by atomic mass is 35.5. The van der Waals surface area contributed by atoms with Crippen molar-refractivity contribution in [3.05, 3.63) is 35.9 Å². The quantitative estimate of drug-likeness (QED) is 0.837. The summed E-state index contributed by atoms with van der Waals surface area (Å²) >= 11 is 0. The van der Waals surface area contributed by atoms with Crippen LogP contribution >= 0.6 is 12.4 Å². The van der Waals surface area contributed by atoms with Crippen molar-refractivity contribution in [2.24, 2.45) is 5.92 Å². The molecule has 1 aromatic carbocycles. The van der Waals surface area contributed by atoms with E-state index in [0.29, 0.717) is 12.3 Å². The zero-order chi connectivity index (χ0) is 14.4. The summed E-state index contributed by atoms with van der Waals surface area (Å²) in [4.78, 5) is 0. The summed E-state index contributed by atoms with van der Waals surface area (Å²) in [6.07, 6.45) is 2.78. The minimum atomic E-state index is -3.21. The molecule has 1 heterocycles. The van der Waals surface area contributed by atoms with E-state index in [1.165, 1.54) is 0 Å². The Labute approximate surface area is 134 Å². The molecule has 1 fully saturated rings. The van der Waals surface area contributed by atoms with Crippen LogP contribution in [0.4, 0.5) is 0 Å². The number of sulfonamides is 1. The molecule has 6 heteroatoms. The fourth-order valence-electron chi connectivity index (χ4n) is 2.64. The van der Waals surface area contributed by atoms with Gasteiger partial charge in [-0.1, -0.05) is 30.3 Å². The van der Waals surface area contributed by atoms with Crippen molar-refractivity contribution in [2.75, 3.05) is 18.8 Å². The Hall–Kier alpha value is -0.620. The molecule has 4 nitrogen and oxygen atoms in total.